The fourth-order valence-electron chi connectivity index (χ4n) is 2.21. The first kappa shape index (κ1) is 20.8. The minimum atomic E-state index is -5.63. The Morgan fingerprint density at radius 1 is 0.964 bits per heavy atom. The van der Waals surface area contributed by atoms with E-state index >= 15 is 0 Å². The van der Waals surface area contributed by atoms with Crippen LogP contribution in [-0.4, -0.2) is 19.1 Å². The smallest absolute Gasteiger partial charge is 0.356 e. The summed E-state index contributed by atoms with van der Waals surface area (Å²) in [6, 6.07) is 9.63. The number of aromatic nitrogens is 1. The van der Waals surface area contributed by atoms with E-state index in [4.69, 9.17) is 39.3 Å². The van der Waals surface area contributed by atoms with Gasteiger partial charge >= 0.3 is 15.5 Å². The standard InChI is InChI=1S/C16H8Cl3F3N2O3S/c17-9-2-4-13(24-28(25,26)16(20,21)22)10(6-9)14-7-15(27-23-14)8-1-3-11(18)12(19)5-8/h1-7,24H. The molecule has 0 aliphatic carbocycles. The zero-order valence-electron chi connectivity index (χ0n) is 13.4. The number of hydrogen-bond acceptors (Lipinski definition) is 4. The summed E-state index contributed by atoms with van der Waals surface area (Å²) in [5.41, 5.74) is -5.29. The Bertz CT molecular complexity index is 1150. The van der Waals surface area contributed by atoms with Crippen LogP contribution in [-0.2, 0) is 10.0 Å². The molecule has 0 unspecified atom stereocenters. The minimum absolute atomic E-state index is 0.00427. The Labute approximate surface area is 172 Å². The molecule has 0 radical (unpaired) electrons. The van der Waals surface area contributed by atoms with Crippen molar-refractivity contribution in [3.05, 3.63) is 57.5 Å². The largest absolute Gasteiger partial charge is 0.516 e. The van der Waals surface area contributed by atoms with Crippen LogP contribution >= 0.6 is 34.8 Å². The maximum absolute atomic E-state index is 12.7. The van der Waals surface area contributed by atoms with Gasteiger partial charge in [0.25, 0.3) is 0 Å². The zero-order valence-corrected chi connectivity index (χ0v) is 16.5. The van der Waals surface area contributed by atoms with Crippen molar-refractivity contribution in [3.8, 4) is 22.6 Å². The van der Waals surface area contributed by atoms with Crippen LogP contribution in [0.4, 0.5) is 18.9 Å². The Morgan fingerprint density at radius 2 is 1.68 bits per heavy atom. The molecule has 0 aliphatic heterocycles. The predicted octanol–water partition coefficient (Wildman–Crippen LogP) is 6.23. The van der Waals surface area contributed by atoms with E-state index in [1.165, 1.54) is 35.1 Å². The average Bonchev–Trinajstić information content (AvgIpc) is 3.07. The molecule has 0 fully saturated rings. The average molecular weight is 472 g/mol. The van der Waals surface area contributed by atoms with E-state index in [0.717, 1.165) is 6.07 Å². The van der Waals surface area contributed by atoms with Crippen LogP contribution in [0.1, 0.15) is 0 Å². The first-order chi connectivity index (χ1) is 13.0. The van der Waals surface area contributed by atoms with Crippen molar-refractivity contribution in [1.29, 1.82) is 0 Å². The summed E-state index contributed by atoms with van der Waals surface area (Å²) in [6.07, 6.45) is 0. The minimum Gasteiger partial charge on any atom is -0.356 e. The lowest BCUT2D eigenvalue weighted by molar-refractivity contribution is -0.0429. The van der Waals surface area contributed by atoms with E-state index in [0.29, 0.717) is 10.6 Å². The van der Waals surface area contributed by atoms with Crippen molar-refractivity contribution >= 4 is 50.5 Å². The summed E-state index contributed by atoms with van der Waals surface area (Å²) in [5, 5.41) is 4.53. The second-order valence-corrected chi connectivity index (χ2v) is 8.37. The van der Waals surface area contributed by atoms with Gasteiger partial charge in [-0.3, -0.25) is 4.72 Å². The molecule has 0 amide bonds. The van der Waals surface area contributed by atoms with Gasteiger partial charge in [-0.1, -0.05) is 40.0 Å². The molecule has 0 atom stereocenters. The van der Waals surface area contributed by atoms with E-state index in [2.05, 4.69) is 5.16 Å². The predicted molar refractivity (Wildman–Crippen MR) is 101 cm³/mol. The number of sulfonamides is 1. The van der Waals surface area contributed by atoms with Gasteiger partial charge in [0.15, 0.2) is 5.76 Å². The van der Waals surface area contributed by atoms with Crippen LogP contribution in [0.3, 0.4) is 0 Å². The highest BCUT2D eigenvalue weighted by Gasteiger charge is 2.46. The van der Waals surface area contributed by atoms with Crippen molar-refractivity contribution in [3.63, 3.8) is 0 Å². The Kier molecular flexibility index (Phi) is 5.55. The summed E-state index contributed by atoms with van der Waals surface area (Å²) in [7, 11) is -5.63. The highest BCUT2D eigenvalue weighted by atomic mass is 35.5. The fraction of sp³-hybridized carbons (Fsp3) is 0.0625. The molecule has 0 spiro atoms. The van der Waals surface area contributed by atoms with Gasteiger partial charge in [-0.25, -0.2) is 0 Å². The first-order valence-electron chi connectivity index (χ1n) is 7.29. The normalized spacial score (nSPS) is 12.2. The molecule has 3 aromatic rings. The number of benzene rings is 2. The van der Waals surface area contributed by atoms with Gasteiger partial charge in [0.2, 0.25) is 0 Å². The second-order valence-electron chi connectivity index (χ2n) is 5.45. The molecule has 0 bridgehead atoms. The molecule has 0 aliphatic rings. The highest BCUT2D eigenvalue weighted by Crippen LogP contribution is 2.36. The van der Waals surface area contributed by atoms with Crippen LogP contribution in [0.2, 0.25) is 15.1 Å². The molecule has 3 rings (SSSR count). The molecule has 1 aromatic heterocycles. The summed E-state index contributed by atoms with van der Waals surface area (Å²) in [4.78, 5) is 0. The van der Waals surface area contributed by atoms with E-state index in [1.54, 1.807) is 6.07 Å². The van der Waals surface area contributed by atoms with Crippen LogP contribution in [0, 0.1) is 0 Å². The molecule has 148 valence electrons. The number of halogens is 6. The maximum Gasteiger partial charge on any atom is 0.516 e. The second kappa shape index (κ2) is 7.47. The Balaban J connectivity index is 2.04. The lowest BCUT2D eigenvalue weighted by Crippen LogP contribution is -2.30. The number of rotatable bonds is 4. The van der Waals surface area contributed by atoms with Gasteiger partial charge in [0.1, 0.15) is 5.69 Å². The van der Waals surface area contributed by atoms with Gasteiger partial charge in [-0.15, -0.1) is 0 Å². The lowest BCUT2D eigenvalue weighted by Gasteiger charge is -2.13. The van der Waals surface area contributed by atoms with Crippen LogP contribution in [0.5, 0.6) is 0 Å². The van der Waals surface area contributed by atoms with Crippen molar-refractivity contribution in [1.82, 2.24) is 5.16 Å². The molecule has 5 nitrogen and oxygen atoms in total. The molecule has 2 aromatic carbocycles. The van der Waals surface area contributed by atoms with Crippen LogP contribution < -0.4 is 4.72 Å². The van der Waals surface area contributed by atoms with Crippen LogP contribution in [0.25, 0.3) is 22.6 Å². The third-order valence-corrected chi connectivity index (χ3v) is 5.59. The monoisotopic (exact) mass is 470 g/mol. The van der Waals surface area contributed by atoms with Crippen molar-refractivity contribution in [2.75, 3.05) is 4.72 Å². The Morgan fingerprint density at radius 3 is 2.32 bits per heavy atom. The van der Waals surface area contributed by atoms with Gasteiger partial charge in [0, 0.05) is 22.2 Å². The molecule has 1 heterocycles. The first-order valence-corrected chi connectivity index (χ1v) is 9.91. The van der Waals surface area contributed by atoms with Gasteiger partial charge in [-0.05, 0) is 36.4 Å². The zero-order chi connectivity index (χ0) is 20.7. The molecule has 0 saturated carbocycles. The number of hydrogen-bond donors (Lipinski definition) is 1. The van der Waals surface area contributed by atoms with Gasteiger partial charge < -0.3 is 4.52 Å². The van der Waals surface area contributed by atoms with Crippen LogP contribution in [0.15, 0.2) is 47.0 Å². The number of alkyl halides is 3. The molecule has 1 N–H and O–H groups in total. The molecular weight excluding hydrogens is 464 g/mol. The van der Waals surface area contributed by atoms with E-state index in [-0.39, 0.29) is 32.8 Å². The molecular formula is C16H8Cl3F3N2O3S. The fourth-order valence-corrected chi connectivity index (χ4v) is 3.26. The van der Waals surface area contributed by atoms with E-state index in [9.17, 15) is 21.6 Å². The molecule has 0 saturated heterocycles. The molecule has 28 heavy (non-hydrogen) atoms. The molecule has 12 heteroatoms. The summed E-state index contributed by atoms with van der Waals surface area (Å²) >= 11 is 17.7. The summed E-state index contributed by atoms with van der Waals surface area (Å²) < 4.78 is 67.7. The Hall–Kier alpha value is -1.94. The lowest BCUT2D eigenvalue weighted by atomic mass is 10.1. The van der Waals surface area contributed by atoms with Crippen molar-refractivity contribution < 1.29 is 26.1 Å². The van der Waals surface area contributed by atoms with Crippen molar-refractivity contribution in [2.45, 2.75) is 5.51 Å². The number of nitrogens with one attached hydrogen (secondary N) is 1. The van der Waals surface area contributed by atoms with Gasteiger partial charge in [0.05, 0.1) is 15.7 Å². The van der Waals surface area contributed by atoms with E-state index < -0.39 is 15.5 Å². The van der Waals surface area contributed by atoms with E-state index in [1.807, 2.05) is 0 Å². The quantitative estimate of drug-likeness (QED) is 0.489. The highest BCUT2D eigenvalue weighted by molar-refractivity contribution is 7.93. The SMILES string of the molecule is O=S(=O)(Nc1ccc(Cl)cc1-c1cc(-c2ccc(Cl)c(Cl)c2)on1)C(F)(F)F. The third kappa shape index (κ3) is 4.22. The number of nitrogens with zero attached hydrogens (tertiary/aromatic N) is 1. The van der Waals surface area contributed by atoms with Crippen molar-refractivity contribution in [2.24, 2.45) is 0 Å². The maximum atomic E-state index is 12.7. The topological polar surface area (TPSA) is 72.2 Å². The van der Waals surface area contributed by atoms with Gasteiger partial charge in [-0.2, -0.15) is 21.6 Å². The summed E-state index contributed by atoms with van der Waals surface area (Å²) in [6.45, 7) is 0. The third-order valence-electron chi connectivity index (χ3n) is 3.52. The summed E-state index contributed by atoms with van der Waals surface area (Å²) in [5.74, 6) is 0.234. The number of anilines is 1.